The van der Waals surface area contributed by atoms with Crippen LogP contribution in [0.2, 0.25) is 0 Å². The van der Waals surface area contributed by atoms with Crippen LogP contribution in [0, 0.1) is 0 Å². The molecule has 4 heterocycles. The van der Waals surface area contributed by atoms with Crippen LogP contribution in [-0.2, 0) is 4.79 Å². The summed E-state index contributed by atoms with van der Waals surface area (Å²) in [5.74, 6) is 0.921. The third-order valence-corrected chi connectivity index (χ3v) is 8.86. The summed E-state index contributed by atoms with van der Waals surface area (Å²) < 4.78 is 7.88. The van der Waals surface area contributed by atoms with Gasteiger partial charge in [0, 0.05) is 43.2 Å². The maximum Gasteiger partial charge on any atom is 0.319 e. The summed E-state index contributed by atoms with van der Waals surface area (Å²) in [6.07, 6.45) is 3.49. The molecule has 10 nitrogen and oxygen atoms in total. The number of carbonyl (C=O) groups excluding carboxylic acids is 1. The van der Waals surface area contributed by atoms with E-state index in [9.17, 15) is 9.59 Å². The number of aromatic nitrogens is 4. The Morgan fingerprint density at radius 2 is 1.67 bits per heavy atom. The average Bonchev–Trinajstić information content (AvgIpc) is 3.51. The molecule has 45 heavy (non-hydrogen) atoms. The number of likely N-dealkylation sites (tertiary alicyclic amines) is 1. The van der Waals surface area contributed by atoms with Crippen molar-refractivity contribution in [3.8, 4) is 23.1 Å². The largest absolute Gasteiger partial charge is 0.462 e. The number of anilines is 1. The number of amides is 1. The van der Waals surface area contributed by atoms with Crippen LogP contribution in [0.15, 0.2) is 90.2 Å². The molecule has 1 amide bonds. The van der Waals surface area contributed by atoms with Gasteiger partial charge < -0.3 is 19.4 Å². The van der Waals surface area contributed by atoms with Gasteiger partial charge in [0.1, 0.15) is 17.9 Å². The lowest BCUT2D eigenvalue weighted by Gasteiger charge is -2.35. The van der Waals surface area contributed by atoms with Crippen molar-refractivity contribution in [2.24, 2.45) is 0 Å². The maximum atomic E-state index is 14.7. The fourth-order valence-electron chi connectivity index (χ4n) is 6.35. The van der Waals surface area contributed by atoms with Crippen molar-refractivity contribution < 1.29 is 9.53 Å². The van der Waals surface area contributed by atoms with Gasteiger partial charge in [-0.3, -0.25) is 14.2 Å². The number of ether oxygens (including phenoxy) is 1. The van der Waals surface area contributed by atoms with Crippen molar-refractivity contribution in [3.05, 3.63) is 95.8 Å². The van der Waals surface area contributed by atoms with Crippen molar-refractivity contribution in [1.29, 1.82) is 0 Å². The van der Waals surface area contributed by atoms with Gasteiger partial charge in [0.05, 0.1) is 5.69 Å². The van der Waals surface area contributed by atoms with E-state index in [1.54, 1.807) is 9.47 Å². The van der Waals surface area contributed by atoms with Crippen LogP contribution >= 0.6 is 0 Å². The molecule has 2 saturated heterocycles. The highest BCUT2D eigenvalue weighted by Crippen LogP contribution is 2.31. The average molecular weight is 602 g/mol. The molecule has 0 saturated carbocycles. The standard InChI is InChI=1S/C35H35N7O3/c1-3-29(43)40-19-21-41(22-20-40)33-30-31(37-35(38-33)45-23-26-15-10-18-39(26)2)34(44)42(32(36-30)25-12-5-4-6-13-25)28-17-9-14-24-11-7-8-16-27(24)28/h3-9,11-14,16-17,26H,1,10,15,18-23H2,2H3/t26-/m0/s1. The molecular formula is C35H35N7O3. The Hall–Kier alpha value is -5.09. The van der Waals surface area contributed by atoms with Gasteiger partial charge >= 0.3 is 6.01 Å². The SMILES string of the molecule is C=CC(=O)N1CCN(c2nc(OC[C@@H]3CCCN3C)nc3c(=O)n(-c4cccc5ccccc45)c(-c4ccccc4)nc23)CC1. The second kappa shape index (κ2) is 12.1. The number of nitrogens with zero attached hydrogens (tertiary/aromatic N) is 7. The lowest BCUT2D eigenvalue weighted by molar-refractivity contribution is -0.126. The first-order valence-corrected chi connectivity index (χ1v) is 15.4. The van der Waals surface area contributed by atoms with Crippen LogP contribution in [-0.4, -0.2) is 87.6 Å². The van der Waals surface area contributed by atoms with Crippen molar-refractivity contribution in [2.45, 2.75) is 18.9 Å². The summed E-state index contributed by atoms with van der Waals surface area (Å²) >= 11 is 0. The Balaban J connectivity index is 1.43. The highest BCUT2D eigenvalue weighted by Gasteiger charge is 2.28. The first-order chi connectivity index (χ1) is 22.0. The summed E-state index contributed by atoms with van der Waals surface area (Å²) in [5.41, 5.74) is 1.80. The van der Waals surface area contributed by atoms with E-state index in [1.807, 2.05) is 72.8 Å². The molecule has 228 valence electrons. The molecule has 0 N–H and O–H groups in total. The molecule has 0 bridgehead atoms. The Morgan fingerprint density at radius 3 is 2.42 bits per heavy atom. The van der Waals surface area contributed by atoms with Gasteiger partial charge in [0.15, 0.2) is 11.3 Å². The lowest BCUT2D eigenvalue weighted by atomic mass is 10.1. The second-order valence-corrected chi connectivity index (χ2v) is 11.6. The van der Waals surface area contributed by atoms with Gasteiger partial charge in [0.2, 0.25) is 5.91 Å². The summed E-state index contributed by atoms with van der Waals surface area (Å²) in [6, 6.07) is 24.0. The van der Waals surface area contributed by atoms with Crippen LogP contribution in [0.3, 0.4) is 0 Å². The topological polar surface area (TPSA) is 96.7 Å². The first kappa shape index (κ1) is 28.7. The molecule has 0 aliphatic carbocycles. The molecule has 0 unspecified atom stereocenters. The summed E-state index contributed by atoms with van der Waals surface area (Å²) in [5, 5.41) is 1.94. The van der Waals surface area contributed by atoms with Crippen LogP contribution < -0.4 is 15.2 Å². The fourth-order valence-corrected chi connectivity index (χ4v) is 6.35. The number of carbonyl (C=O) groups is 1. The molecule has 0 radical (unpaired) electrons. The van der Waals surface area contributed by atoms with Crippen LogP contribution in [0.1, 0.15) is 12.8 Å². The van der Waals surface area contributed by atoms with E-state index in [1.165, 1.54) is 6.08 Å². The summed E-state index contributed by atoms with van der Waals surface area (Å²) in [6.45, 7) is 7.11. The van der Waals surface area contributed by atoms with E-state index >= 15 is 0 Å². The molecular weight excluding hydrogens is 566 g/mol. The number of fused-ring (bicyclic) bond motifs is 2. The quantitative estimate of drug-likeness (QED) is 0.255. The zero-order valence-electron chi connectivity index (χ0n) is 25.3. The van der Waals surface area contributed by atoms with Crippen molar-refractivity contribution >= 4 is 33.5 Å². The van der Waals surface area contributed by atoms with Crippen LogP contribution in [0.5, 0.6) is 6.01 Å². The zero-order valence-corrected chi connectivity index (χ0v) is 25.3. The van der Waals surface area contributed by atoms with Gasteiger partial charge in [-0.25, -0.2) is 4.98 Å². The number of rotatable bonds is 7. The highest BCUT2D eigenvalue weighted by atomic mass is 16.5. The van der Waals surface area contributed by atoms with Crippen molar-refractivity contribution in [1.82, 2.24) is 29.3 Å². The predicted molar refractivity (Wildman–Crippen MR) is 176 cm³/mol. The minimum Gasteiger partial charge on any atom is -0.462 e. The Kier molecular flexibility index (Phi) is 7.72. The third kappa shape index (κ3) is 5.42. The Bertz CT molecular complexity index is 1950. The van der Waals surface area contributed by atoms with Crippen molar-refractivity contribution in [2.75, 3.05) is 51.3 Å². The molecule has 1 atom stereocenters. The first-order valence-electron chi connectivity index (χ1n) is 15.4. The zero-order chi connectivity index (χ0) is 30.9. The molecule has 2 aliphatic rings. The summed E-state index contributed by atoms with van der Waals surface area (Å²) in [7, 11) is 2.09. The van der Waals surface area contributed by atoms with Gasteiger partial charge in [-0.15, -0.1) is 0 Å². The minimum atomic E-state index is -0.304. The van der Waals surface area contributed by atoms with E-state index in [4.69, 9.17) is 19.7 Å². The van der Waals surface area contributed by atoms with E-state index in [2.05, 4.69) is 23.4 Å². The molecule has 2 fully saturated rings. The second-order valence-electron chi connectivity index (χ2n) is 11.6. The molecule has 7 rings (SSSR count). The number of benzene rings is 3. The minimum absolute atomic E-state index is 0.102. The number of hydrogen-bond acceptors (Lipinski definition) is 8. The van der Waals surface area contributed by atoms with Gasteiger partial charge in [-0.2, -0.15) is 9.97 Å². The summed E-state index contributed by atoms with van der Waals surface area (Å²) in [4.78, 5) is 47.9. The van der Waals surface area contributed by atoms with Gasteiger partial charge in [0.25, 0.3) is 5.56 Å². The van der Waals surface area contributed by atoms with E-state index in [-0.39, 0.29) is 29.0 Å². The van der Waals surface area contributed by atoms with Gasteiger partial charge in [-0.1, -0.05) is 73.3 Å². The smallest absolute Gasteiger partial charge is 0.319 e. The Morgan fingerprint density at radius 1 is 0.911 bits per heavy atom. The fraction of sp³-hybridized carbons (Fsp3) is 0.286. The molecule has 10 heteroatoms. The molecule has 3 aromatic carbocycles. The number of likely N-dealkylation sites (N-methyl/N-ethyl adjacent to an activating group) is 1. The Labute approximate surface area is 261 Å². The van der Waals surface area contributed by atoms with E-state index < -0.39 is 0 Å². The molecule has 2 aliphatic heterocycles. The van der Waals surface area contributed by atoms with Gasteiger partial charge in [-0.05, 0) is 44.0 Å². The number of piperazine rings is 1. The van der Waals surface area contributed by atoms with Crippen LogP contribution in [0.4, 0.5) is 5.82 Å². The highest BCUT2D eigenvalue weighted by molar-refractivity contribution is 5.93. The number of hydrogen-bond donors (Lipinski definition) is 0. The predicted octanol–water partition coefficient (Wildman–Crippen LogP) is 4.30. The van der Waals surface area contributed by atoms with E-state index in [0.717, 1.165) is 41.4 Å². The van der Waals surface area contributed by atoms with Crippen LogP contribution in [0.25, 0.3) is 38.9 Å². The normalized spacial score (nSPS) is 17.2. The van der Waals surface area contributed by atoms with E-state index in [0.29, 0.717) is 49.9 Å². The monoisotopic (exact) mass is 601 g/mol. The molecule has 2 aromatic heterocycles. The molecule has 5 aromatic rings. The maximum absolute atomic E-state index is 14.7. The molecule has 0 spiro atoms. The third-order valence-electron chi connectivity index (χ3n) is 8.86. The van der Waals surface area contributed by atoms with Crippen molar-refractivity contribution in [3.63, 3.8) is 0 Å². The lowest BCUT2D eigenvalue weighted by Crippen LogP contribution is -2.48.